The van der Waals surface area contributed by atoms with Gasteiger partial charge in [-0.15, -0.1) is 0 Å². The standard InChI is InChI=1S/C16H20ClN3O2/c1-2-3-4-10-22-11-9-20-16(21)8-7-15(19-20)14-6-5-13(17)12-18-14/h5-8,12H,2-4,9-11H2,1H3. The number of hydrogen-bond acceptors (Lipinski definition) is 4. The topological polar surface area (TPSA) is 57.0 Å². The van der Waals surface area contributed by atoms with E-state index in [4.69, 9.17) is 16.3 Å². The third kappa shape index (κ3) is 4.93. The molecule has 2 heterocycles. The molecule has 0 atom stereocenters. The van der Waals surface area contributed by atoms with Gasteiger partial charge in [-0.1, -0.05) is 31.4 Å². The van der Waals surface area contributed by atoms with E-state index in [1.807, 2.05) is 0 Å². The van der Waals surface area contributed by atoms with Gasteiger partial charge in [0.1, 0.15) is 5.69 Å². The molecule has 2 aromatic heterocycles. The number of aromatic nitrogens is 3. The summed E-state index contributed by atoms with van der Waals surface area (Å²) in [4.78, 5) is 16.0. The summed E-state index contributed by atoms with van der Waals surface area (Å²) in [6.07, 6.45) is 4.94. The third-order valence-corrected chi connectivity index (χ3v) is 3.42. The molecule has 6 heteroatoms. The lowest BCUT2D eigenvalue weighted by Gasteiger charge is -2.07. The van der Waals surface area contributed by atoms with Crippen LogP contribution in [0.25, 0.3) is 11.4 Å². The van der Waals surface area contributed by atoms with Crippen molar-refractivity contribution in [3.63, 3.8) is 0 Å². The Labute approximate surface area is 134 Å². The molecule has 0 saturated carbocycles. The number of nitrogens with zero attached hydrogens (tertiary/aromatic N) is 3. The summed E-state index contributed by atoms with van der Waals surface area (Å²) >= 11 is 5.82. The molecule has 22 heavy (non-hydrogen) atoms. The number of ether oxygens (including phenoxy) is 1. The van der Waals surface area contributed by atoms with Crippen molar-refractivity contribution in [2.75, 3.05) is 13.2 Å². The van der Waals surface area contributed by atoms with E-state index in [2.05, 4.69) is 17.0 Å². The normalized spacial score (nSPS) is 10.8. The number of pyridine rings is 1. The summed E-state index contributed by atoms with van der Waals surface area (Å²) in [6, 6.07) is 6.69. The Morgan fingerprint density at radius 3 is 2.68 bits per heavy atom. The summed E-state index contributed by atoms with van der Waals surface area (Å²) < 4.78 is 6.93. The van der Waals surface area contributed by atoms with Crippen molar-refractivity contribution in [1.29, 1.82) is 0 Å². The van der Waals surface area contributed by atoms with Crippen LogP contribution in [0.5, 0.6) is 0 Å². The van der Waals surface area contributed by atoms with E-state index in [-0.39, 0.29) is 5.56 Å². The molecule has 0 amide bonds. The van der Waals surface area contributed by atoms with Gasteiger partial charge in [0, 0.05) is 18.9 Å². The first-order valence-corrected chi connectivity index (χ1v) is 7.86. The Morgan fingerprint density at radius 2 is 1.95 bits per heavy atom. The van der Waals surface area contributed by atoms with E-state index in [1.165, 1.54) is 17.2 Å². The van der Waals surface area contributed by atoms with Crippen molar-refractivity contribution in [2.45, 2.75) is 32.7 Å². The quantitative estimate of drug-likeness (QED) is 0.701. The maximum atomic E-state index is 11.8. The van der Waals surface area contributed by atoms with Gasteiger partial charge in [0.25, 0.3) is 5.56 Å². The Hall–Kier alpha value is -1.72. The minimum absolute atomic E-state index is 0.144. The molecule has 118 valence electrons. The molecule has 5 nitrogen and oxygen atoms in total. The highest BCUT2D eigenvalue weighted by Crippen LogP contribution is 2.14. The van der Waals surface area contributed by atoms with Crippen molar-refractivity contribution in [1.82, 2.24) is 14.8 Å². The van der Waals surface area contributed by atoms with Crippen LogP contribution in [-0.4, -0.2) is 28.0 Å². The van der Waals surface area contributed by atoms with E-state index in [1.54, 1.807) is 24.4 Å². The van der Waals surface area contributed by atoms with Crippen LogP contribution in [-0.2, 0) is 11.3 Å². The zero-order chi connectivity index (χ0) is 15.8. The molecular formula is C16H20ClN3O2. The lowest BCUT2D eigenvalue weighted by atomic mass is 10.2. The second-order valence-corrected chi connectivity index (χ2v) is 5.40. The fourth-order valence-corrected chi connectivity index (χ4v) is 2.09. The van der Waals surface area contributed by atoms with Gasteiger partial charge in [-0.3, -0.25) is 9.78 Å². The van der Waals surface area contributed by atoms with Crippen molar-refractivity contribution in [2.24, 2.45) is 0 Å². The zero-order valence-electron chi connectivity index (χ0n) is 12.7. The highest BCUT2D eigenvalue weighted by molar-refractivity contribution is 6.30. The summed E-state index contributed by atoms with van der Waals surface area (Å²) in [6.45, 7) is 3.79. The van der Waals surface area contributed by atoms with Gasteiger partial charge in [0.2, 0.25) is 0 Å². The Bertz CT molecular complexity index is 641. The fraction of sp³-hybridized carbons (Fsp3) is 0.438. The number of rotatable bonds is 8. The van der Waals surface area contributed by atoms with Crippen LogP contribution < -0.4 is 5.56 Å². The summed E-state index contributed by atoms with van der Waals surface area (Å²) in [5.74, 6) is 0. The van der Waals surface area contributed by atoms with Crippen molar-refractivity contribution in [3.8, 4) is 11.4 Å². The first-order valence-electron chi connectivity index (χ1n) is 7.48. The van der Waals surface area contributed by atoms with Gasteiger partial charge in [-0.25, -0.2) is 4.68 Å². The van der Waals surface area contributed by atoms with E-state index >= 15 is 0 Å². The van der Waals surface area contributed by atoms with Crippen molar-refractivity contribution in [3.05, 3.63) is 45.8 Å². The lowest BCUT2D eigenvalue weighted by molar-refractivity contribution is 0.119. The molecule has 0 unspecified atom stereocenters. The third-order valence-electron chi connectivity index (χ3n) is 3.20. The van der Waals surface area contributed by atoms with Crippen LogP contribution in [0.3, 0.4) is 0 Å². The predicted molar refractivity (Wildman–Crippen MR) is 87.1 cm³/mol. The average molecular weight is 322 g/mol. The van der Waals surface area contributed by atoms with Gasteiger partial charge in [-0.05, 0) is 24.6 Å². The van der Waals surface area contributed by atoms with Crippen LogP contribution in [0.2, 0.25) is 5.02 Å². The number of halogens is 1. The van der Waals surface area contributed by atoms with Gasteiger partial charge >= 0.3 is 0 Å². The molecule has 0 spiro atoms. The zero-order valence-corrected chi connectivity index (χ0v) is 13.4. The first kappa shape index (κ1) is 16.6. The second kappa shape index (κ2) is 8.66. The summed E-state index contributed by atoms with van der Waals surface area (Å²) in [5.41, 5.74) is 1.18. The molecule has 0 aromatic carbocycles. The second-order valence-electron chi connectivity index (χ2n) is 4.96. The largest absolute Gasteiger partial charge is 0.380 e. The molecule has 0 bridgehead atoms. The van der Waals surface area contributed by atoms with Crippen LogP contribution in [0, 0.1) is 0 Å². The van der Waals surface area contributed by atoms with Crippen LogP contribution in [0.4, 0.5) is 0 Å². The minimum Gasteiger partial charge on any atom is -0.380 e. The molecule has 0 saturated heterocycles. The van der Waals surface area contributed by atoms with Gasteiger partial charge < -0.3 is 4.74 Å². The highest BCUT2D eigenvalue weighted by atomic mass is 35.5. The molecule has 0 aliphatic rings. The van der Waals surface area contributed by atoms with Crippen LogP contribution >= 0.6 is 11.6 Å². The summed E-state index contributed by atoms with van der Waals surface area (Å²) in [5, 5.41) is 4.89. The minimum atomic E-state index is -0.144. The van der Waals surface area contributed by atoms with Crippen molar-refractivity contribution < 1.29 is 4.74 Å². The predicted octanol–water partition coefficient (Wildman–Crippen LogP) is 3.17. The first-order chi connectivity index (χ1) is 10.7. The lowest BCUT2D eigenvalue weighted by Crippen LogP contribution is -2.24. The number of hydrogen-bond donors (Lipinski definition) is 0. The molecule has 0 aliphatic heterocycles. The van der Waals surface area contributed by atoms with E-state index < -0.39 is 0 Å². The molecule has 2 aromatic rings. The summed E-state index contributed by atoms with van der Waals surface area (Å²) in [7, 11) is 0. The molecule has 0 radical (unpaired) electrons. The van der Waals surface area contributed by atoms with Gasteiger partial charge in [-0.2, -0.15) is 5.10 Å². The van der Waals surface area contributed by atoms with Crippen LogP contribution in [0.1, 0.15) is 26.2 Å². The van der Waals surface area contributed by atoms with Crippen molar-refractivity contribution >= 4 is 11.6 Å². The average Bonchev–Trinajstić information content (AvgIpc) is 2.53. The monoisotopic (exact) mass is 321 g/mol. The smallest absolute Gasteiger partial charge is 0.266 e. The molecule has 0 aliphatic carbocycles. The Balaban J connectivity index is 1.98. The maximum Gasteiger partial charge on any atom is 0.266 e. The van der Waals surface area contributed by atoms with Crippen LogP contribution in [0.15, 0.2) is 35.3 Å². The molecule has 0 fully saturated rings. The molecular weight excluding hydrogens is 302 g/mol. The fourth-order valence-electron chi connectivity index (χ4n) is 1.98. The van der Waals surface area contributed by atoms with E-state index in [0.717, 1.165) is 19.4 Å². The van der Waals surface area contributed by atoms with E-state index in [9.17, 15) is 4.79 Å². The van der Waals surface area contributed by atoms with Gasteiger partial charge in [0.05, 0.1) is 23.9 Å². The number of unbranched alkanes of at least 4 members (excludes halogenated alkanes) is 2. The molecule has 2 rings (SSSR count). The maximum absolute atomic E-state index is 11.8. The Morgan fingerprint density at radius 1 is 1.14 bits per heavy atom. The Kier molecular flexibility index (Phi) is 6.55. The van der Waals surface area contributed by atoms with E-state index in [0.29, 0.717) is 29.6 Å². The van der Waals surface area contributed by atoms with Gasteiger partial charge in [0.15, 0.2) is 0 Å². The SMILES string of the molecule is CCCCCOCCn1nc(-c2ccc(Cl)cn2)ccc1=O. The highest BCUT2D eigenvalue weighted by Gasteiger charge is 2.04. The molecule has 0 N–H and O–H groups in total.